The van der Waals surface area contributed by atoms with E-state index < -0.39 is 0 Å². The van der Waals surface area contributed by atoms with Crippen LogP contribution in [-0.4, -0.2) is 19.0 Å². The Balaban J connectivity index is 2.50. The van der Waals surface area contributed by atoms with Crippen LogP contribution in [0.25, 0.3) is 0 Å². The maximum atomic E-state index is 11.5. The van der Waals surface area contributed by atoms with E-state index in [1.165, 1.54) is 0 Å². The molecular weight excluding hydrogens is 248 g/mol. The minimum Gasteiger partial charge on any atom is -0.355 e. The van der Waals surface area contributed by atoms with Crippen LogP contribution in [0.1, 0.15) is 38.3 Å². The number of benzene rings is 1. The third kappa shape index (κ3) is 5.07. The van der Waals surface area contributed by atoms with Gasteiger partial charge in [-0.3, -0.25) is 4.79 Å². The smallest absolute Gasteiger partial charge is 0.233 e. The van der Waals surface area contributed by atoms with E-state index in [1.807, 2.05) is 31.2 Å². The van der Waals surface area contributed by atoms with Crippen molar-refractivity contribution >= 4 is 17.5 Å². The van der Waals surface area contributed by atoms with E-state index in [0.29, 0.717) is 6.54 Å². The second kappa shape index (κ2) is 8.11. The highest BCUT2D eigenvalue weighted by molar-refractivity contribution is 6.30. The summed E-state index contributed by atoms with van der Waals surface area (Å²) in [7, 11) is 0. The predicted octanol–water partition coefficient (Wildman–Crippen LogP) is 2.91. The summed E-state index contributed by atoms with van der Waals surface area (Å²) >= 11 is 5.97. The summed E-state index contributed by atoms with van der Waals surface area (Å²) in [6, 6.07) is 7.91. The first-order valence-corrected chi connectivity index (χ1v) is 6.80. The van der Waals surface area contributed by atoms with Gasteiger partial charge in [-0.15, -0.1) is 0 Å². The van der Waals surface area contributed by atoms with E-state index in [2.05, 4.69) is 17.6 Å². The van der Waals surface area contributed by atoms with E-state index in [1.54, 1.807) is 0 Å². The van der Waals surface area contributed by atoms with Crippen LogP contribution >= 0.6 is 11.6 Å². The minimum atomic E-state index is 0.0392. The van der Waals surface area contributed by atoms with Gasteiger partial charge in [-0.25, -0.2) is 0 Å². The Labute approximate surface area is 114 Å². The molecule has 0 aromatic heterocycles. The number of amides is 1. The average molecular weight is 269 g/mol. The molecule has 4 heteroatoms. The SMILES string of the molecule is CCCNC(=O)CNC(CC)c1cccc(Cl)c1. The number of hydrogen-bond acceptors (Lipinski definition) is 2. The zero-order chi connectivity index (χ0) is 13.4. The summed E-state index contributed by atoms with van der Waals surface area (Å²) in [5, 5.41) is 6.82. The summed E-state index contributed by atoms with van der Waals surface area (Å²) in [6.45, 7) is 5.19. The van der Waals surface area contributed by atoms with Crippen molar-refractivity contribution in [3.63, 3.8) is 0 Å². The Morgan fingerprint density at radius 2 is 2.17 bits per heavy atom. The van der Waals surface area contributed by atoms with Crippen molar-refractivity contribution in [2.75, 3.05) is 13.1 Å². The zero-order valence-corrected chi connectivity index (χ0v) is 11.8. The minimum absolute atomic E-state index is 0.0392. The predicted molar refractivity (Wildman–Crippen MR) is 75.8 cm³/mol. The maximum Gasteiger partial charge on any atom is 0.233 e. The van der Waals surface area contributed by atoms with Crippen molar-refractivity contribution in [3.05, 3.63) is 34.9 Å². The molecule has 0 saturated carbocycles. The molecule has 18 heavy (non-hydrogen) atoms. The maximum absolute atomic E-state index is 11.5. The first-order chi connectivity index (χ1) is 8.67. The Morgan fingerprint density at radius 3 is 2.78 bits per heavy atom. The third-order valence-corrected chi connectivity index (χ3v) is 2.98. The highest BCUT2D eigenvalue weighted by Gasteiger charge is 2.10. The molecule has 0 aliphatic rings. The molecule has 1 aromatic carbocycles. The van der Waals surface area contributed by atoms with Gasteiger partial charge in [0.05, 0.1) is 6.54 Å². The largest absolute Gasteiger partial charge is 0.355 e. The lowest BCUT2D eigenvalue weighted by atomic mass is 10.0. The van der Waals surface area contributed by atoms with Crippen LogP contribution in [0.2, 0.25) is 5.02 Å². The van der Waals surface area contributed by atoms with Gasteiger partial charge >= 0.3 is 0 Å². The third-order valence-electron chi connectivity index (χ3n) is 2.74. The quantitative estimate of drug-likeness (QED) is 0.798. The standard InChI is InChI=1S/C14H21ClN2O/c1-3-8-16-14(18)10-17-13(4-2)11-6-5-7-12(15)9-11/h5-7,9,13,17H,3-4,8,10H2,1-2H3,(H,16,18). The monoisotopic (exact) mass is 268 g/mol. The van der Waals surface area contributed by atoms with Crippen molar-refractivity contribution in [1.29, 1.82) is 0 Å². The molecule has 0 radical (unpaired) electrons. The second-order valence-electron chi connectivity index (χ2n) is 4.25. The second-order valence-corrected chi connectivity index (χ2v) is 4.68. The summed E-state index contributed by atoms with van der Waals surface area (Å²) < 4.78 is 0. The number of carbonyl (C=O) groups excluding carboxylic acids is 1. The molecule has 1 rings (SSSR count). The highest BCUT2D eigenvalue weighted by atomic mass is 35.5. The van der Waals surface area contributed by atoms with E-state index in [-0.39, 0.29) is 11.9 Å². The number of rotatable bonds is 7. The lowest BCUT2D eigenvalue weighted by molar-refractivity contribution is -0.120. The molecule has 0 heterocycles. The van der Waals surface area contributed by atoms with Gasteiger partial charge in [0.1, 0.15) is 0 Å². The summed E-state index contributed by atoms with van der Waals surface area (Å²) in [5.74, 6) is 0.0392. The zero-order valence-electron chi connectivity index (χ0n) is 11.0. The number of carbonyl (C=O) groups is 1. The van der Waals surface area contributed by atoms with Crippen molar-refractivity contribution in [3.8, 4) is 0 Å². The van der Waals surface area contributed by atoms with Gasteiger partial charge < -0.3 is 10.6 Å². The van der Waals surface area contributed by atoms with Gasteiger partial charge in [0.2, 0.25) is 5.91 Å². The fraction of sp³-hybridized carbons (Fsp3) is 0.500. The van der Waals surface area contributed by atoms with E-state index >= 15 is 0 Å². The molecule has 100 valence electrons. The number of halogens is 1. The summed E-state index contributed by atoms with van der Waals surface area (Å²) in [4.78, 5) is 11.5. The van der Waals surface area contributed by atoms with Gasteiger partial charge in [-0.2, -0.15) is 0 Å². The van der Waals surface area contributed by atoms with Gasteiger partial charge in [0.15, 0.2) is 0 Å². The van der Waals surface area contributed by atoms with Crippen LogP contribution in [0, 0.1) is 0 Å². The van der Waals surface area contributed by atoms with Gasteiger partial charge in [-0.05, 0) is 30.5 Å². The molecule has 0 saturated heterocycles. The van der Waals surface area contributed by atoms with Gasteiger partial charge in [0.25, 0.3) is 0 Å². The summed E-state index contributed by atoms with van der Waals surface area (Å²) in [6.07, 6.45) is 1.87. The Kier molecular flexibility index (Phi) is 6.76. The molecule has 0 fully saturated rings. The molecule has 1 atom stereocenters. The van der Waals surface area contributed by atoms with Gasteiger partial charge in [-0.1, -0.05) is 37.6 Å². The van der Waals surface area contributed by atoms with E-state index in [0.717, 1.165) is 30.0 Å². The normalized spacial score (nSPS) is 12.2. The van der Waals surface area contributed by atoms with Crippen molar-refractivity contribution in [2.24, 2.45) is 0 Å². The van der Waals surface area contributed by atoms with E-state index in [4.69, 9.17) is 11.6 Å². The fourth-order valence-corrected chi connectivity index (χ4v) is 1.96. The fourth-order valence-electron chi connectivity index (χ4n) is 1.76. The Morgan fingerprint density at radius 1 is 1.39 bits per heavy atom. The van der Waals surface area contributed by atoms with E-state index in [9.17, 15) is 4.79 Å². The molecule has 0 bridgehead atoms. The molecule has 3 nitrogen and oxygen atoms in total. The lowest BCUT2D eigenvalue weighted by Gasteiger charge is -2.17. The molecule has 1 amide bonds. The molecule has 1 unspecified atom stereocenters. The van der Waals surface area contributed by atoms with Crippen LogP contribution in [0.3, 0.4) is 0 Å². The molecule has 0 aliphatic heterocycles. The Hall–Kier alpha value is -1.06. The van der Waals surface area contributed by atoms with Crippen LogP contribution in [0.15, 0.2) is 24.3 Å². The number of nitrogens with one attached hydrogen (secondary N) is 2. The van der Waals surface area contributed by atoms with Crippen LogP contribution < -0.4 is 10.6 Å². The molecule has 0 aliphatic carbocycles. The first kappa shape index (κ1) is 15.0. The molecule has 0 spiro atoms. The average Bonchev–Trinajstić information content (AvgIpc) is 2.37. The van der Waals surface area contributed by atoms with Crippen LogP contribution in [0.5, 0.6) is 0 Å². The highest BCUT2D eigenvalue weighted by Crippen LogP contribution is 2.19. The topological polar surface area (TPSA) is 41.1 Å². The Bertz CT molecular complexity index is 382. The van der Waals surface area contributed by atoms with Crippen molar-refractivity contribution < 1.29 is 4.79 Å². The first-order valence-electron chi connectivity index (χ1n) is 6.42. The number of hydrogen-bond donors (Lipinski definition) is 2. The van der Waals surface area contributed by atoms with Gasteiger partial charge in [0, 0.05) is 17.6 Å². The van der Waals surface area contributed by atoms with Crippen molar-refractivity contribution in [2.45, 2.75) is 32.7 Å². The molecular formula is C14H21ClN2O. The lowest BCUT2D eigenvalue weighted by Crippen LogP contribution is -2.35. The molecule has 1 aromatic rings. The summed E-state index contributed by atoms with van der Waals surface area (Å²) in [5.41, 5.74) is 1.12. The van der Waals surface area contributed by atoms with Crippen LogP contribution in [0.4, 0.5) is 0 Å². The van der Waals surface area contributed by atoms with Crippen molar-refractivity contribution in [1.82, 2.24) is 10.6 Å². The van der Waals surface area contributed by atoms with Crippen LogP contribution in [-0.2, 0) is 4.79 Å². The molecule has 2 N–H and O–H groups in total.